The third-order valence-corrected chi connectivity index (χ3v) is 4.22. The first-order valence-electron chi connectivity index (χ1n) is 6.22. The van der Waals surface area contributed by atoms with Crippen molar-refractivity contribution >= 4 is 0 Å². The summed E-state index contributed by atoms with van der Waals surface area (Å²) in [5.74, 6) is 0.424. The van der Waals surface area contributed by atoms with E-state index < -0.39 is 11.7 Å². The van der Waals surface area contributed by atoms with E-state index in [-0.39, 0.29) is 5.41 Å². The van der Waals surface area contributed by atoms with Gasteiger partial charge in [0, 0.05) is 12.0 Å². The van der Waals surface area contributed by atoms with E-state index in [1.54, 1.807) is 0 Å². The van der Waals surface area contributed by atoms with E-state index in [1.165, 1.54) is 12.1 Å². The Labute approximate surface area is 105 Å². The number of alkyl halides is 3. The summed E-state index contributed by atoms with van der Waals surface area (Å²) >= 11 is 0. The van der Waals surface area contributed by atoms with Gasteiger partial charge in [-0.2, -0.15) is 13.2 Å². The summed E-state index contributed by atoms with van der Waals surface area (Å²) in [4.78, 5) is 0. The number of halogens is 3. The van der Waals surface area contributed by atoms with Crippen molar-refractivity contribution < 1.29 is 13.2 Å². The maximum atomic E-state index is 12.7. The van der Waals surface area contributed by atoms with Crippen LogP contribution < -0.4 is 5.32 Å². The second kappa shape index (κ2) is 4.57. The van der Waals surface area contributed by atoms with E-state index in [4.69, 9.17) is 0 Å². The fraction of sp³-hybridized carbons (Fsp3) is 0.571. The molecule has 4 heteroatoms. The molecule has 100 valence electrons. The van der Waals surface area contributed by atoms with Crippen LogP contribution >= 0.6 is 0 Å². The van der Waals surface area contributed by atoms with E-state index in [9.17, 15) is 13.2 Å². The molecule has 0 bridgehead atoms. The van der Waals surface area contributed by atoms with E-state index in [0.717, 1.165) is 31.0 Å². The Kier molecular flexibility index (Phi) is 3.41. The molecule has 2 atom stereocenters. The number of benzene rings is 1. The van der Waals surface area contributed by atoms with Gasteiger partial charge in [0.25, 0.3) is 0 Å². The highest BCUT2D eigenvalue weighted by atomic mass is 19.4. The van der Waals surface area contributed by atoms with Crippen molar-refractivity contribution in [3.8, 4) is 0 Å². The van der Waals surface area contributed by atoms with Crippen LogP contribution in [0.5, 0.6) is 0 Å². The standard InChI is InChI=1S/C14H18F3N/c1-10-6-7-13(10,9-18-2)11-4-3-5-12(8-11)14(15,16)17/h3-5,8,10,18H,6-7,9H2,1-2H3. The Hall–Kier alpha value is -1.03. The Balaban J connectivity index is 2.38. The highest BCUT2D eigenvalue weighted by Crippen LogP contribution is 2.48. The summed E-state index contributed by atoms with van der Waals surface area (Å²) in [5, 5.41) is 3.12. The molecule has 1 fully saturated rings. The minimum atomic E-state index is -4.26. The quantitative estimate of drug-likeness (QED) is 0.872. The molecule has 1 nitrogen and oxygen atoms in total. The van der Waals surface area contributed by atoms with Crippen LogP contribution in [-0.4, -0.2) is 13.6 Å². The van der Waals surface area contributed by atoms with Crippen LogP contribution in [0.3, 0.4) is 0 Å². The van der Waals surface area contributed by atoms with Gasteiger partial charge in [0.05, 0.1) is 5.56 Å². The molecule has 0 aromatic heterocycles. The van der Waals surface area contributed by atoms with Gasteiger partial charge in [0.15, 0.2) is 0 Å². The number of hydrogen-bond acceptors (Lipinski definition) is 1. The average Bonchev–Trinajstić information content (AvgIpc) is 2.33. The summed E-state index contributed by atoms with van der Waals surface area (Å²) in [6.07, 6.45) is -2.22. The number of rotatable bonds is 3. The van der Waals surface area contributed by atoms with Gasteiger partial charge in [-0.3, -0.25) is 0 Å². The largest absolute Gasteiger partial charge is 0.416 e. The minimum absolute atomic E-state index is 0.129. The van der Waals surface area contributed by atoms with Gasteiger partial charge in [-0.25, -0.2) is 0 Å². The van der Waals surface area contributed by atoms with Crippen LogP contribution in [-0.2, 0) is 11.6 Å². The number of nitrogens with one attached hydrogen (secondary N) is 1. The van der Waals surface area contributed by atoms with E-state index in [2.05, 4.69) is 12.2 Å². The van der Waals surface area contributed by atoms with Gasteiger partial charge in [-0.15, -0.1) is 0 Å². The van der Waals surface area contributed by atoms with E-state index in [1.807, 2.05) is 13.1 Å². The van der Waals surface area contributed by atoms with Crippen LogP contribution in [0.25, 0.3) is 0 Å². The highest BCUT2D eigenvalue weighted by Gasteiger charge is 2.45. The Bertz CT molecular complexity index is 427. The van der Waals surface area contributed by atoms with Crippen molar-refractivity contribution in [3.05, 3.63) is 35.4 Å². The molecular weight excluding hydrogens is 239 g/mol. The van der Waals surface area contributed by atoms with Gasteiger partial charge in [-0.1, -0.05) is 25.1 Å². The van der Waals surface area contributed by atoms with Crippen molar-refractivity contribution in [1.82, 2.24) is 5.32 Å². The van der Waals surface area contributed by atoms with Gasteiger partial charge in [-0.05, 0) is 37.4 Å². The first-order chi connectivity index (χ1) is 8.40. The predicted octanol–water partition coefficient (Wildman–Crippen LogP) is 3.59. The second-order valence-corrected chi connectivity index (χ2v) is 5.20. The van der Waals surface area contributed by atoms with E-state index >= 15 is 0 Å². The van der Waals surface area contributed by atoms with E-state index in [0.29, 0.717) is 5.92 Å². The first-order valence-corrected chi connectivity index (χ1v) is 6.22. The number of hydrogen-bond donors (Lipinski definition) is 1. The lowest BCUT2D eigenvalue weighted by Crippen LogP contribution is -2.49. The van der Waals surface area contributed by atoms with Gasteiger partial charge in [0.2, 0.25) is 0 Å². The fourth-order valence-electron chi connectivity index (χ4n) is 2.90. The molecule has 1 aromatic carbocycles. The van der Waals surface area contributed by atoms with Crippen LogP contribution in [0.4, 0.5) is 13.2 Å². The van der Waals surface area contributed by atoms with Crippen LogP contribution in [0, 0.1) is 5.92 Å². The molecule has 1 saturated carbocycles. The maximum Gasteiger partial charge on any atom is 0.416 e. The first kappa shape index (κ1) is 13.4. The fourth-order valence-corrected chi connectivity index (χ4v) is 2.90. The van der Waals surface area contributed by atoms with Gasteiger partial charge < -0.3 is 5.32 Å². The lowest BCUT2D eigenvalue weighted by molar-refractivity contribution is -0.137. The van der Waals surface area contributed by atoms with Gasteiger partial charge in [0.1, 0.15) is 0 Å². The molecule has 0 spiro atoms. The lowest BCUT2D eigenvalue weighted by atomic mass is 9.57. The lowest BCUT2D eigenvalue weighted by Gasteiger charge is -2.49. The van der Waals surface area contributed by atoms with Crippen molar-refractivity contribution in [2.75, 3.05) is 13.6 Å². The molecule has 1 N–H and O–H groups in total. The molecule has 0 aliphatic heterocycles. The molecule has 0 saturated heterocycles. The zero-order valence-electron chi connectivity index (χ0n) is 10.6. The molecule has 2 rings (SSSR count). The molecule has 0 heterocycles. The maximum absolute atomic E-state index is 12.7. The van der Waals surface area contributed by atoms with Gasteiger partial charge >= 0.3 is 6.18 Å². The molecule has 0 radical (unpaired) electrons. The zero-order chi connectivity index (χ0) is 13.4. The Morgan fingerprint density at radius 2 is 2.11 bits per heavy atom. The summed E-state index contributed by atoms with van der Waals surface area (Å²) < 4.78 is 38.2. The topological polar surface area (TPSA) is 12.0 Å². The molecule has 1 aliphatic rings. The SMILES string of the molecule is CNCC1(c2cccc(C(F)(F)F)c2)CCC1C. The van der Waals surface area contributed by atoms with Crippen LogP contribution in [0.1, 0.15) is 30.9 Å². The van der Waals surface area contributed by atoms with Crippen molar-refractivity contribution in [3.63, 3.8) is 0 Å². The van der Waals surface area contributed by atoms with Crippen LogP contribution in [0.2, 0.25) is 0 Å². The normalized spacial score (nSPS) is 27.9. The monoisotopic (exact) mass is 257 g/mol. The zero-order valence-corrected chi connectivity index (χ0v) is 10.6. The number of likely N-dealkylation sites (N-methyl/N-ethyl adjacent to an activating group) is 1. The highest BCUT2D eigenvalue weighted by molar-refractivity contribution is 5.35. The third kappa shape index (κ3) is 2.14. The van der Waals surface area contributed by atoms with Crippen molar-refractivity contribution in [2.24, 2.45) is 5.92 Å². The summed E-state index contributed by atoms with van der Waals surface area (Å²) in [6.45, 7) is 2.84. The molecule has 1 aromatic rings. The molecule has 0 amide bonds. The minimum Gasteiger partial charge on any atom is -0.319 e. The summed E-state index contributed by atoms with van der Waals surface area (Å²) in [7, 11) is 1.85. The smallest absolute Gasteiger partial charge is 0.319 e. The molecule has 2 unspecified atom stereocenters. The summed E-state index contributed by atoms with van der Waals surface area (Å²) in [6, 6.07) is 5.79. The third-order valence-electron chi connectivity index (χ3n) is 4.22. The summed E-state index contributed by atoms with van der Waals surface area (Å²) in [5.41, 5.74) is 0.135. The predicted molar refractivity (Wildman–Crippen MR) is 65.4 cm³/mol. The van der Waals surface area contributed by atoms with Crippen molar-refractivity contribution in [1.29, 1.82) is 0 Å². The van der Waals surface area contributed by atoms with Crippen molar-refractivity contribution in [2.45, 2.75) is 31.4 Å². The Morgan fingerprint density at radius 1 is 1.39 bits per heavy atom. The molecular formula is C14H18F3N. The van der Waals surface area contributed by atoms with Crippen LogP contribution in [0.15, 0.2) is 24.3 Å². The average molecular weight is 257 g/mol. The molecule has 1 aliphatic carbocycles. The second-order valence-electron chi connectivity index (χ2n) is 5.20. The molecule has 18 heavy (non-hydrogen) atoms. The Morgan fingerprint density at radius 3 is 2.56 bits per heavy atom.